The van der Waals surface area contributed by atoms with Crippen molar-refractivity contribution in [2.24, 2.45) is 5.92 Å². The Morgan fingerprint density at radius 1 is 0.957 bits per heavy atom. The Labute approximate surface area is 136 Å². The Balaban J connectivity index is 2.01. The standard InChI is InChI=1S/C19H22N2O2/c1-13(2)19(23)21-17-10-6-9-16(12-17)20-18(22)11-15-8-5-4-7-14(15)3/h4-10,12-13H,11H2,1-3H3,(H,20,22)(H,21,23). The van der Waals surface area contributed by atoms with Gasteiger partial charge in [0, 0.05) is 17.3 Å². The molecule has 0 aliphatic carbocycles. The molecule has 0 atom stereocenters. The van der Waals surface area contributed by atoms with Crippen LogP contribution in [-0.2, 0) is 16.0 Å². The third-order valence-corrected chi connectivity index (χ3v) is 3.55. The van der Waals surface area contributed by atoms with Gasteiger partial charge in [0.2, 0.25) is 11.8 Å². The summed E-state index contributed by atoms with van der Waals surface area (Å²) in [6, 6.07) is 15.0. The molecule has 2 rings (SSSR count). The van der Waals surface area contributed by atoms with Crippen molar-refractivity contribution in [2.75, 3.05) is 10.6 Å². The molecule has 0 saturated heterocycles. The maximum absolute atomic E-state index is 12.2. The monoisotopic (exact) mass is 310 g/mol. The lowest BCUT2D eigenvalue weighted by atomic mass is 10.1. The highest BCUT2D eigenvalue weighted by Gasteiger charge is 2.09. The summed E-state index contributed by atoms with van der Waals surface area (Å²) in [5.74, 6) is -0.214. The summed E-state index contributed by atoms with van der Waals surface area (Å²) in [5, 5.41) is 5.69. The van der Waals surface area contributed by atoms with Crippen molar-refractivity contribution >= 4 is 23.2 Å². The molecule has 0 bridgehead atoms. The zero-order valence-corrected chi connectivity index (χ0v) is 13.7. The maximum Gasteiger partial charge on any atom is 0.228 e. The second kappa shape index (κ2) is 7.58. The van der Waals surface area contributed by atoms with Crippen molar-refractivity contribution < 1.29 is 9.59 Å². The summed E-state index contributed by atoms with van der Waals surface area (Å²) < 4.78 is 0. The molecule has 0 spiro atoms. The van der Waals surface area contributed by atoms with E-state index in [1.165, 1.54) is 0 Å². The van der Waals surface area contributed by atoms with Crippen LogP contribution in [0.1, 0.15) is 25.0 Å². The Morgan fingerprint density at radius 2 is 1.61 bits per heavy atom. The highest BCUT2D eigenvalue weighted by atomic mass is 16.2. The lowest BCUT2D eigenvalue weighted by Crippen LogP contribution is -2.18. The van der Waals surface area contributed by atoms with E-state index in [0.717, 1.165) is 11.1 Å². The minimum absolute atomic E-state index is 0.0478. The maximum atomic E-state index is 12.2. The fraction of sp³-hybridized carbons (Fsp3) is 0.263. The molecule has 4 nitrogen and oxygen atoms in total. The molecule has 0 unspecified atom stereocenters. The summed E-state index contributed by atoms with van der Waals surface area (Å²) in [4.78, 5) is 23.9. The Bertz CT molecular complexity index is 708. The minimum atomic E-state index is -0.0886. The number of amides is 2. The van der Waals surface area contributed by atoms with Gasteiger partial charge in [-0.25, -0.2) is 0 Å². The number of carbonyl (C=O) groups is 2. The molecule has 2 aromatic carbocycles. The van der Waals surface area contributed by atoms with Gasteiger partial charge < -0.3 is 10.6 Å². The van der Waals surface area contributed by atoms with Gasteiger partial charge in [-0.15, -0.1) is 0 Å². The first kappa shape index (κ1) is 16.7. The van der Waals surface area contributed by atoms with E-state index in [9.17, 15) is 9.59 Å². The number of carbonyl (C=O) groups excluding carboxylic acids is 2. The number of benzene rings is 2. The van der Waals surface area contributed by atoms with Crippen LogP contribution in [0.15, 0.2) is 48.5 Å². The van der Waals surface area contributed by atoms with Crippen LogP contribution in [0.3, 0.4) is 0 Å². The zero-order valence-electron chi connectivity index (χ0n) is 13.7. The molecule has 0 saturated carbocycles. The quantitative estimate of drug-likeness (QED) is 0.883. The molecule has 120 valence electrons. The van der Waals surface area contributed by atoms with E-state index in [1.807, 2.05) is 45.0 Å². The van der Waals surface area contributed by atoms with Gasteiger partial charge >= 0.3 is 0 Å². The van der Waals surface area contributed by atoms with E-state index >= 15 is 0 Å². The van der Waals surface area contributed by atoms with Crippen LogP contribution < -0.4 is 10.6 Å². The van der Waals surface area contributed by atoms with Crippen LogP contribution in [0.4, 0.5) is 11.4 Å². The third kappa shape index (κ3) is 4.95. The van der Waals surface area contributed by atoms with Crippen molar-refractivity contribution in [1.82, 2.24) is 0 Å². The highest BCUT2D eigenvalue weighted by Crippen LogP contribution is 2.17. The summed E-state index contributed by atoms with van der Waals surface area (Å²) in [5.41, 5.74) is 3.46. The average molecular weight is 310 g/mol. The van der Waals surface area contributed by atoms with E-state index < -0.39 is 0 Å². The van der Waals surface area contributed by atoms with Gasteiger partial charge in [-0.3, -0.25) is 9.59 Å². The number of hydrogen-bond donors (Lipinski definition) is 2. The number of hydrogen-bond acceptors (Lipinski definition) is 2. The van der Waals surface area contributed by atoms with Crippen molar-refractivity contribution in [3.05, 3.63) is 59.7 Å². The van der Waals surface area contributed by atoms with Gasteiger partial charge in [0.1, 0.15) is 0 Å². The molecule has 2 aromatic rings. The molecular formula is C19H22N2O2. The van der Waals surface area contributed by atoms with Crippen molar-refractivity contribution in [2.45, 2.75) is 27.2 Å². The van der Waals surface area contributed by atoms with Gasteiger partial charge in [-0.05, 0) is 36.2 Å². The summed E-state index contributed by atoms with van der Waals surface area (Å²) >= 11 is 0. The van der Waals surface area contributed by atoms with Gasteiger partial charge in [0.15, 0.2) is 0 Å². The number of nitrogens with one attached hydrogen (secondary N) is 2. The smallest absolute Gasteiger partial charge is 0.228 e. The summed E-state index contributed by atoms with van der Waals surface area (Å²) in [6.07, 6.45) is 0.329. The largest absolute Gasteiger partial charge is 0.326 e. The van der Waals surface area contributed by atoms with Crippen molar-refractivity contribution in [3.8, 4) is 0 Å². The molecule has 0 aromatic heterocycles. The van der Waals surface area contributed by atoms with Crippen LogP contribution in [0.2, 0.25) is 0 Å². The molecule has 4 heteroatoms. The van der Waals surface area contributed by atoms with Gasteiger partial charge in [0.25, 0.3) is 0 Å². The molecule has 23 heavy (non-hydrogen) atoms. The second-order valence-electron chi connectivity index (χ2n) is 5.88. The number of rotatable bonds is 5. The molecule has 0 radical (unpaired) electrons. The van der Waals surface area contributed by atoms with Crippen molar-refractivity contribution in [1.29, 1.82) is 0 Å². The summed E-state index contributed by atoms with van der Waals surface area (Å²) in [6.45, 7) is 5.66. The molecule has 2 N–H and O–H groups in total. The normalized spacial score (nSPS) is 10.4. The van der Waals surface area contributed by atoms with E-state index in [-0.39, 0.29) is 17.7 Å². The van der Waals surface area contributed by atoms with Gasteiger partial charge in [0.05, 0.1) is 6.42 Å². The highest BCUT2D eigenvalue weighted by molar-refractivity contribution is 5.95. The first-order chi connectivity index (χ1) is 11.0. The van der Waals surface area contributed by atoms with E-state index in [0.29, 0.717) is 17.8 Å². The first-order valence-electron chi connectivity index (χ1n) is 7.71. The predicted molar refractivity (Wildman–Crippen MR) is 93.4 cm³/mol. The Hall–Kier alpha value is -2.62. The first-order valence-corrected chi connectivity index (χ1v) is 7.71. The van der Waals surface area contributed by atoms with Crippen LogP contribution in [0, 0.1) is 12.8 Å². The van der Waals surface area contributed by atoms with Gasteiger partial charge in [-0.1, -0.05) is 44.2 Å². The Morgan fingerprint density at radius 3 is 2.26 bits per heavy atom. The fourth-order valence-electron chi connectivity index (χ4n) is 2.15. The Kier molecular flexibility index (Phi) is 5.52. The van der Waals surface area contributed by atoms with Crippen LogP contribution in [0.25, 0.3) is 0 Å². The molecule has 0 heterocycles. The summed E-state index contributed by atoms with van der Waals surface area (Å²) in [7, 11) is 0. The van der Waals surface area contributed by atoms with E-state index in [2.05, 4.69) is 10.6 Å². The fourth-order valence-corrected chi connectivity index (χ4v) is 2.15. The molecule has 0 fully saturated rings. The topological polar surface area (TPSA) is 58.2 Å². The van der Waals surface area contributed by atoms with Gasteiger partial charge in [-0.2, -0.15) is 0 Å². The lowest BCUT2D eigenvalue weighted by Gasteiger charge is -2.11. The SMILES string of the molecule is Cc1ccccc1CC(=O)Nc1cccc(NC(=O)C(C)C)c1. The number of anilines is 2. The number of aryl methyl sites for hydroxylation is 1. The van der Waals surface area contributed by atoms with Crippen LogP contribution in [-0.4, -0.2) is 11.8 Å². The average Bonchev–Trinajstić information content (AvgIpc) is 2.49. The molecule has 0 aliphatic rings. The second-order valence-corrected chi connectivity index (χ2v) is 5.88. The zero-order chi connectivity index (χ0) is 16.8. The van der Waals surface area contributed by atoms with Crippen LogP contribution >= 0.6 is 0 Å². The third-order valence-electron chi connectivity index (χ3n) is 3.55. The molecule has 2 amide bonds. The molecule has 0 aliphatic heterocycles. The lowest BCUT2D eigenvalue weighted by molar-refractivity contribution is -0.119. The minimum Gasteiger partial charge on any atom is -0.326 e. The van der Waals surface area contributed by atoms with Crippen LogP contribution in [0.5, 0.6) is 0 Å². The van der Waals surface area contributed by atoms with Crippen molar-refractivity contribution in [3.63, 3.8) is 0 Å². The predicted octanol–water partition coefficient (Wildman–Crippen LogP) is 3.77. The van der Waals surface area contributed by atoms with E-state index in [1.54, 1.807) is 24.3 Å². The van der Waals surface area contributed by atoms with E-state index in [4.69, 9.17) is 0 Å². The molecular weight excluding hydrogens is 288 g/mol.